The van der Waals surface area contributed by atoms with Crippen molar-refractivity contribution < 1.29 is 29.6 Å². The zero-order valence-corrected chi connectivity index (χ0v) is 56.1. The van der Waals surface area contributed by atoms with Crippen LogP contribution in [0.5, 0.6) is 0 Å². The standard InChI is InChI=1S/C12H15ClO.C12H17NO.3C8H15N3OS.C7H11N3O.CH4S.7CH4.H3N/c2*1-8(2)9(3)6-7-10(4)11(5)12(13)14;3*1-7(13-3)8(2,12)4-11-6-9-5-10-11;1-6-7(2,11-6)3-10-5-8-4-9-10;1-2;;;;;;;;/h1-5H3;1-5H3,(H2,13,14);3*5-7,12H,4H2,1-3H3;4-6H,3H2,1-2H3;2H,1H3;7*1H4;1H3/b2*11-10-;;;;;;;;;;;;;. The molecule has 1 aliphatic heterocycles. The van der Waals surface area contributed by atoms with Crippen molar-refractivity contribution in [3.05, 3.63) is 95.2 Å². The molecule has 0 saturated carbocycles. The third kappa shape index (κ3) is 43.1. The molecule has 5 rings (SSSR count). The Balaban J connectivity index is -0.000000101. The summed E-state index contributed by atoms with van der Waals surface area (Å²) < 4.78 is 12.1. The maximum absolute atomic E-state index is 10.8. The smallest absolute Gasteiger partial charge is 0.248 e. The molecule has 0 spiro atoms. The molecule has 1 fully saturated rings. The molecular weight excluding hydrogens is 1210 g/mol. The highest BCUT2D eigenvalue weighted by Crippen LogP contribution is 2.36. The van der Waals surface area contributed by atoms with Crippen molar-refractivity contribution in [1.82, 2.24) is 65.2 Å². The lowest BCUT2D eigenvalue weighted by atomic mass is 10.0. The van der Waals surface area contributed by atoms with Crippen LogP contribution in [0.4, 0.5) is 0 Å². The third-order valence-electron chi connectivity index (χ3n) is 12.9. The predicted octanol–water partition coefficient (Wildman–Crippen LogP) is 13.6. The number of primary amides is 1. The molecule has 1 aliphatic rings. The number of nitrogens with zero attached hydrogens (tertiary/aromatic N) is 12. The van der Waals surface area contributed by atoms with E-state index in [1.54, 1.807) is 113 Å². The molecule has 4 aromatic rings. The van der Waals surface area contributed by atoms with Crippen LogP contribution < -0.4 is 11.9 Å². The summed E-state index contributed by atoms with van der Waals surface area (Å²) in [4.78, 5) is 36.9. The lowest BCUT2D eigenvalue weighted by Crippen LogP contribution is -2.39. The fraction of sp³-hybridized carbons (Fsp3) is 0.651. The minimum Gasteiger partial charge on any atom is -0.387 e. The number of nitrogens with two attached hydrogens (primary N) is 1. The van der Waals surface area contributed by atoms with Gasteiger partial charge in [0, 0.05) is 38.0 Å². The molecule has 4 aromatic heterocycles. The number of ether oxygens (including phenoxy) is 1. The molecule has 8 N–H and O–H groups in total. The van der Waals surface area contributed by atoms with Gasteiger partial charge in [-0.25, -0.2) is 24.6 Å². The number of thiol groups is 1. The van der Waals surface area contributed by atoms with Gasteiger partial charge in [0.2, 0.25) is 11.1 Å². The van der Waals surface area contributed by atoms with Gasteiger partial charge in [-0.1, -0.05) is 108 Å². The van der Waals surface area contributed by atoms with E-state index in [1.165, 1.54) is 36.5 Å². The van der Waals surface area contributed by atoms with Crippen molar-refractivity contribution in [3.63, 3.8) is 0 Å². The molecule has 1 saturated heterocycles. The first-order valence-corrected chi connectivity index (χ1v) is 30.6. The normalized spacial score (nSPS) is 16.1. The highest BCUT2D eigenvalue weighted by atomic mass is 35.5. The fourth-order valence-electron chi connectivity index (χ4n) is 5.39. The Bertz CT molecular complexity index is 2460. The van der Waals surface area contributed by atoms with Gasteiger partial charge < -0.3 is 31.9 Å². The van der Waals surface area contributed by atoms with Crippen LogP contribution in [-0.2, 0) is 40.5 Å². The highest BCUT2D eigenvalue weighted by molar-refractivity contribution is 7.99. The maximum atomic E-state index is 10.8. The Hall–Kier alpha value is -4.73. The lowest BCUT2D eigenvalue weighted by molar-refractivity contribution is -0.114. The number of amides is 1. The van der Waals surface area contributed by atoms with E-state index in [0.29, 0.717) is 36.9 Å². The average molecular weight is 1340 g/mol. The zero-order valence-electron chi connectivity index (χ0n) is 52.0. The zero-order chi connectivity index (χ0) is 62.2. The molecule has 0 aliphatic carbocycles. The Morgan fingerprint density at radius 3 is 1.00 bits per heavy atom. The van der Waals surface area contributed by atoms with Gasteiger partial charge in [0.1, 0.15) is 56.2 Å². The van der Waals surface area contributed by atoms with Gasteiger partial charge in [0.25, 0.3) is 0 Å². The van der Waals surface area contributed by atoms with Crippen LogP contribution in [0.25, 0.3) is 0 Å². The van der Waals surface area contributed by atoms with E-state index >= 15 is 0 Å². The fourth-order valence-corrected chi connectivity index (χ4v) is 7.28. The topological polar surface area (TPSA) is 291 Å². The second kappa shape index (κ2) is 53.0. The van der Waals surface area contributed by atoms with Crippen molar-refractivity contribution in [1.29, 1.82) is 0 Å². The second-order valence-corrected chi connectivity index (χ2v) is 23.9. The average Bonchev–Trinajstić information content (AvgIpc) is 4.17. The first kappa shape index (κ1) is 105. The summed E-state index contributed by atoms with van der Waals surface area (Å²) in [6, 6.07) is 0. The first-order valence-electron chi connectivity index (χ1n) is 25.5. The summed E-state index contributed by atoms with van der Waals surface area (Å²) in [5, 5.41) is 46.1. The van der Waals surface area contributed by atoms with Crippen LogP contribution in [-0.4, -0.2) is 155 Å². The summed E-state index contributed by atoms with van der Waals surface area (Å²) in [5.41, 5.74) is 9.81. The summed E-state index contributed by atoms with van der Waals surface area (Å²) in [6.07, 6.45) is 20.5. The summed E-state index contributed by atoms with van der Waals surface area (Å²) in [6.45, 7) is 36.7. The van der Waals surface area contributed by atoms with Gasteiger partial charge in [-0.05, 0) is 152 Å². The molecule has 512 valence electrons. The first-order chi connectivity index (χ1) is 37.1. The predicted molar refractivity (Wildman–Crippen MR) is 387 cm³/mol. The molecule has 25 heteroatoms. The molecule has 5 heterocycles. The number of thioether (sulfide) groups is 3. The number of hydrogen-bond donors (Lipinski definition) is 6. The van der Waals surface area contributed by atoms with E-state index < -0.39 is 28.0 Å². The minimum atomic E-state index is -0.743. The van der Waals surface area contributed by atoms with E-state index in [0.717, 1.165) is 28.8 Å². The molecule has 20 nitrogen and oxygen atoms in total. The van der Waals surface area contributed by atoms with Crippen LogP contribution in [0.1, 0.15) is 177 Å². The molecule has 0 aromatic carbocycles. The molecule has 0 radical (unpaired) electrons. The number of aromatic nitrogens is 12. The summed E-state index contributed by atoms with van der Waals surface area (Å²) in [5.74, 6) is 11.4. The number of carbonyl (C=O) groups excluding carboxylic acids is 2. The van der Waals surface area contributed by atoms with Gasteiger partial charge >= 0.3 is 0 Å². The molecular formula is C63H123ClN14O6S4. The molecule has 0 bridgehead atoms. The van der Waals surface area contributed by atoms with Crippen LogP contribution in [0, 0.1) is 23.7 Å². The van der Waals surface area contributed by atoms with E-state index in [4.69, 9.17) is 22.1 Å². The Labute approximate surface area is 558 Å². The SMILES string of the molecule is C.C.C.C.C.C.C.CC(C)=C(C)C#C/C(C)=C(/C)C(=O)Cl.CC(C)=C(C)C#C/C(C)=C(/C)C(N)=O.CC1OC1(C)Cn1cncn1.CS.CSC(C)C(C)(O)Cn1cncn1.CSC(C)C(C)(O)Cn1cncn1.CSC(C)C(C)(O)Cn1cncn1.N. The quantitative estimate of drug-likeness (QED) is 0.0200. The van der Waals surface area contributed by atoms with Crippen LogP contribution in [0.15, 0.2) is 95.2 Å². The largest absolute Gasteiger partial charge is 0.387 e. The van der Waals surface area contributed by atoms with Crippen molar-refractivity contribution in [3.8, 4) is 23.7 Å². The maximum Gasteiger partial charge on any atom is 0.248 e. The second-order valence-electron chi connectivity index (χ2n) is 20.0. The Kier molecular flexibility index (Phi) is 63.2. The van der Waals surface area contributed by atoms with Crippen LogP contribution >= 0.6 is 59.5 Å². The van der Waals surface area contributed by atoms with Crippen LogP contribution in [0.2, 0.25) is 0 Å². The summed E-state index contributed by atoms with van der Waals surface area (Å²) in [7, 11) is 0. The molecule has 1 amide bonds. The van der Waals surface area contributed by atoms with Gasteiger partial charge in [0.15, 0.2) is 0 Å². The van der Waals surface area contributed by atoms with Gasteiger partial charge in [-0.2, -0.15) is 68.3 Å². The number of carbonyl (C=O) groups is 2. The lowest BCUT2D eigenvalue weighted by Gasteiger charge is -2.28. The van der Waals surface area contributed by atoms with Gasteiger partial charge in [0.05, 0.1) is 49.1 Å². The van der Waals surface area contributed by atoms with E-state index in [1.807, 2.05) is 102 Å². The number of allylic oxidation sites excluding steroid dienone is 7. The van der Waals surface area contributed by atoms with Crippen LogP contribution in [0.3, 0.4) is 0 Å². The molecule has 8 atom stereocenters. The number of halogens is 1. The Morgan fingerprint density at radius 1 is 0.568 bits per heavy atom. The summed E-state index contributed by atoms with van der Waals surface area (Å²) >= 11 is 13.8. The third-order valence-corrected chi connectivity index (χ3v) is 16.8. The van der Waals surface area contributed by atoms with E-state index in [9.17, 15) is 24.9 Å². The number of hydrogen-bond acceptors (Lipinski definition) is 19. The van der Waals surface area contributed by atoms with Crippen molar-refractivity contribution in [2.75, 3.05) is 25.0 Å². The van der Waals surface area contributed by atoms with Gasteiger partial charge in [-0.3, -0.25) is 23.6 Å². The number of rotatable bonds is 16. The van der Waals surface area contributed by atoms with E-state index in [2.05, 4.69) is 90.5 Å². The minimum absolute atomic E-state index is 0. The molecule has 8 unspecified atom stereocenters. The van der Waals surface area contributed by atoms with Gasteiger partial charge in [-0.15, -0.1) is 0 Å². The molecule has 88 heavy (non-hydrogen) atoms. The van der Waals surface area contributed by atoms with Crippen molar-refractivity contribution >= 4 is 70.7 Å². The van der Waals surface area contributed by atoms with Crippen molar-refractivity contribution in [2.24, 2.45) is 5.73 Å². The number of aliphatic hydroxyl groups is 3. The monoisotopic (exact) mass is 1330 g/mol. The van der Waals surface area contributed by atoms with E-state index in [-0.39, 0.29) is 79.5 Å². The Morgan fingerprint density at radius 2 is 0.807 bits per heavy atom. The van der Waals surface area contributed by atoms with Crippen molar-refractivity contribution in [2.45, 2.75) is 247 Å². The number of epoxide rings is 1. The highest BCUT2D eigenvalue weighted by Gasteiger charge is 2.49.